The molecule has 0 aliphatic rings. The van der Waals surface area contributed by atoms with Crippen LogP contribution in [0.2, 0.25) is 0 Å². The van der Waals surface area contributed by atoms with Crippen molar-refractivity contribution in [1.82, 2.24) is 0 Å². The topological polar surface area (TPSA) is 49.8 Å². The molecule has 2 atom stereocenters. The molecule has 0 saturated carbocycles. The first kappa shape index (κ1) is 12.4. The van der Waals surface area contributed by atoms with Crippen LogP contribution < -0.4 is 5.73 Å². The van der Waals surface area contributed by atoms with Crippen LogP contribution in [0.4, 0.5) is 0 Å². The van der Waals surface area contributed by atoms with E-state index in [-0.39, 0.29) is 11.5 Å². The van der Waals surface area contributed by atoms with Crippen LogP contribution in [-0.2, 0) is 0 Å². The van der Waals surface area contributed by atoms with Gasteiger partial charge < -0.3 is 5.73 Å². The lowest BCUT2D eigenvalue weighted by Gasteiger charge is -2.31. The molecule has 0 saturated heterocycles. The van der Waals surface area contributed by atoms with E-state index in [1.165, 1.54) is 0 Å². The molecule has 0 fully saturated rings. The van der Waals surface area contributed by atoms with E-state index >= 15 is 0 Å². The monoisotopic (exact) mass is 182 g/mol. The van der Waals surface area contributed by atoms with Gasteiger partial charge >= 0.3 is 0 Å². The predicted octanol–water partition coefficient (Wildman–Crippen LogP) is 2.69. The molecule has 0 radical (unpaired) electrons. The average Bonchev–Trinajstić information content (AvgIpc) is 2.02. The summed E-state index contributed by atoms with van der Waals surface area (Å²) in [5.41, 5.74) is 6.09. The summed E-state index contributed by atoms with van der Waals surface area (Å²) in [6, 6.07) is 2.25. The van der Waals surface area contributed by atoms with Gasteiger partial charge in [-0.05, 0) is 32.1 Å². The van der Waals surface area contributed by atoms with Crippen LogP contribution in [0.5, 0.6) is 0 Å². The third-order valence-corrected chi connectivity index (χ3v) is 2.45. The summed E-state index contributed by atoms with van der Waals surface area (Å²) in [6.45, 7) is 8.40. The second-order valence-electron chi connectivity index (χ2n) is 4.55. The standard InChI is InChI=1S/C11H22N2/c1-5-11(13,6-9(2)3)7-10(4)8-12/h9-10H,5-7,13H2,1-4H3. The summed E-state index contributed by atoms with van der Waals surface area (Å²) in [7, 11) is 0. The van der Waals surface area contributed by atoms with Crippen LogP contribution >= 0.6 is 0 Å². The molecule has 0 amide bonds. The highest BCUT2D eigenvalue weighted by atomic mass is 14.7. The van der Waals surface area contributed by atoms with Gasteiger partial charge in [-0.2, -0.15) is 5.26 Å². The molecule has 76 valence electrons. The molecule has 0 heterocycles. The zero-order valence-corrected chi connectivity index (χ0v) is 9.30. The Balaban J connectivity index is 4.20. The molecule has 0 aliphatic carbocycles. The third kappa shape index (κ3) is 4.90. The fraction of sp³-hybridized carbons (Fsp3) is 0.909. The van der Waals surface area contributed by atoms with Crippen LogP contribution in [0.3, 0.4) is 0 Å². The number of nitriles is 1. The van der Waals surface area contributed by atoms with Gasteiger partial charge in [0.15, 0.2) is 0 Å². The summed E-state index contributed by atoms with van der Waals surface area (Å²) >= 11 is 0. The second-order valence-corrected chi connectivity index (χ2v) is 4.55. The summed E-state index contributed by atoms with van der Waals surface area (Å²) in [5.74, 6) is 0.680. The fourth-order valence-electron chi connectivity index (χ4n) is 1.84. The minimum Gasteiger partial charge on any atom is -0.325 e. The lowest BCUT2D eigenvalue weighted by atomic mass is 9.81. The molecule has 2 heteroatoms. The van der Waals surface area contributed by atoms with Gasteiger partial charge in [-0.3, -0.25) is 0 Å². The predicted molar refractivity (Wildman–Crippen MR) is 56.1 cm³/mol. The molecule has 0 aromatic rings. The molecule has 13 heavy (non-hydrogen) atoms. The molecule has 0 bridgehead atoms. The maximum atomic E-state index is 8.72. The van der Waals surface area contributed by atoms with Crippen molar-refractivity contribution in [1.29, 1.82) is 5.26 Å². The fourth-order valence-corrected chi connectivity index (χ4v) is 1.84. The Morgan fingerprint density at radius 1 is 1.31 bits per heavy atom. The molecule has 2 nitrogen and oxygen atoms in total. The van der Waals surface area contributed by atoms with Crippen LogP contribution in [-0.4, -0.2) is 5.54 Å². The first-order valence-corrected chi connectivity index (χ1v) is 5.12. The molecule has 2 N–H and O–H groups in total. The Bertz CT molecular complexity index is 181. The zero-order valence-electron chi connectivity index (χ0n) is 9.30. The molecule has 0 aromatic carbocycles. The Morgan fingerprint density at radius 3 is 2.15 bits per heavy atom. The maximum Gasteiger partial charge on any atom is 0.0653 e. The Kier molecular flexibility index (Phi) is 5.02. The number of rotatable bonds is 5. The number of nitrogens with two attached hydrogens (primary N) is 1. The number of nitrogens with zero attached hydrogens (tertiary/aromatic N) is 1. The smallest absolute Gasteiger partial charge is 0.0653 e. The maximum absolute atomic E-state index is 8.72. The van der Waals surface area contributed by atoms with Gasteiger partial charge in [-0.25, -0.2) is 0 Å². The summed E-state index contributed by atoms with van der Waals surface area (Å²) in [6.07, 6.45) is 2.78. The van der Waals surface area contributed by atoms with E-state index in [1.807, 2.05) is 6.92 Å². The lowest BCUT2D eigenvalue weighted by molar-refractivity contribution is 0.287. The first-order chi connectivity index (χ1) is 5.93. The molecular formula is C11H22N2. The van der Waals surface area contributed by atoms with E-state index in [0.29, 0.717) is 5.92 Å². The van der Waals surface area contributed by atoms with Crippen molar-refractivity contribution in [2.45, 2.75) is 52.5 Å². The highest BCUT2D eigenvalue weighted by Crippen LogP contribution is 2.25. The van der Waals surface area contributed by atoms with E-state index in [4.69, 9.17) is 11.0 Å². The quantitative estimate of drug-likeness (QED) is 0.710. The minimum atomic E-state index is -0.136. The third-order valence-electron chi connectivity index (χ3n) is 2.45. The Hall–Kier alpha value is -0.550. The van der Waals surface area contributed by atoms with Crippen molar-refractivity contribution in [2.75, 3.05) is 0 Å². The van der Waals surface area contributed by atoms with Crippen molar-refractivity contribution in [3.8, 4) is 6.07 Å². The van der Waals surface area contributed by atoms with Crippen molar-refractivity contribution in [3.05, 3.63) is 0 Å². The normalized spacial score (nSPS) is 17.9. The van der Waals surface area contributed by atoms with Gasteiger partial charge in [0.05, 0.1) is 6.07 Å². The zero-order chi connectivity index (χ0) is 10.5. The van der Waals surface area contributed by atoms with Crippen molar-refractivity contribution < 1.29 is 0 Å². The second kappa shape index (κ2) is 5.24. The highest BCUT2D eigenvalue weighted by molar-refractivity contribution is 4.91. The summed E-state index contributed by atoms with van der Waals surface area (Å²) in [4.78, 5) is 0. The van der Waals surface area contributed by atoms with Gasteiger partial charge in [0.1, 0.15) is 0 Å². The highest BCUT2D eigenvalue weighted by Gasteiger charge is 2.26. The van der Waals surface area contributed by atoms with Gasteiger partial charge in [0, 0.05) is 11.5 Å². The summed E-state index contributed by atoms with van der Waals surface area (Å²) < 4.78 is 0. The number of hydrogen-bond acceptors (Lipinski definition) is 2. The molecule has 0 aliphatic heterocycles. The van der Waals surface area contributed by atoms with Crippen molar-refractivity contribution in [3.63, 3.8) is 0 Å². The van der Waals surface area contributed by atoms with Crippen LogP contribution in [0.1, 0.15) is 47.0 Å². The minimum absolute atomic E-state index is 0.0729. The lowest BCUT2D eigenvalue weighted by Crippen LogP contribution is -2.41. The Morgan fingerprint density at radius 2 is 1.85 bits per heavy atom. The Labute approximate surface area is 82.1 Å². The SMILES string of the molecule is CCC(N)(CC(C)C)CC(C)C#N. The molecule has 0 rings (SSSR count). The van der Waals surface area contributed by atoms with E-state index in [9.17, 15) is 0 Å². The van der Waals surface area contributed by atoms with E-state index in [1.54, 1.807) is 0 Å². The van der Waals surface area contributed by atoms with E-state index < -0.39 is 0 Å². The molecule has 2 unspecified atom stereocenters. The van der Waals surface area contributed by atoms with Gasteiger partial charge in [-0.15, -0.1) is 0 Å². The van der Waals surface area contributed by atoms with Crippen molar-refractivity contribution in [2.24, 2.45) is 17.6 Å². The summed E-state index contributed by atoms with van der Waals surface area (Å²) in [5, 5.41) is 8.72. The largest absolute Gasteiger partial charge is 0.325 e. The average molecular weight is 182 g/mol. The van der Waals surface area contributed by atoms with Gasteiger partial charge in [-0.1, -0.05) is 20.8 Å². The van der Waals surface area contributed by atoms with Gasteiger partial charge in [0.25, 0.3) is 0 Å². The van der Waals surface area contributed by atoms with E-state index in [2.05, 4.69) is 26.8 Å². The van der Waals surface area contributed by atoms with Crippen LogP contribution in [0.25, 0.3) is 0 Å². The van der Waals surface area contributed by atoms with Crippen LogP contribution in [0.15, 0.2) is 0 Å². The number of hydrogen-bond donors (Lipinski definition) is 1. The van der Waals surface area contributed by atoms with E-state index in [0.717, 1.165) is 19.3 Å². The molecule has 0 aromatic heterocycles. The molecule has 0 spiro atoms. The first-order valence-electron chi connectivity index (χ1n) is 5.12. The van der Waals surface area contributed by atoms with Crippen LogP contribution in [0, 0.1) is 23.2 Å². The molecular weight excluding hydrogens is 160 g/mol. The van der Waals surface area contributed by atoms with Gasteiger partial charge in [0.2, 0.25) is 0 Å². The van der Waals surface area contributed by atoms with Crippen molar-refractivity contribution >= 4 is 0 Å².